The molecule has 0 saturated heterocycles. The van der Waals surface area contributed by atoms with Gasteiger partial charge in [-0.1, -0.05) is 19.4 Å². The Morgan fingerprint density at radius 2 is 2.31 bits per heavy atom. The Morgan fingerprint density at radius 1 is 1.54 bits per heavy atom. The van der Waals surface area contributed by atoms with Gasteiger partial charge in [-0.25, -0.2) is 0 Å². The van der Waals surface area contributed by atoms with E-state index in [2.05, 4.69) is 31.4 Å². The van der Waals surface area contributed by atoms with E-state index < -0.39 is 0 Å². The van der Waals surface area contributed by atoms with Crippen LogP contribution in [0.3, 0.4) is 0 Å². The molecule has 2 atom stereocenters. The number of thiophene rings is 1. The highest BCUT2D eigenvalue weighted by Crippen LogP contribution is 2.22. The van der Waals surface area contributed by atoms with Crippen molar-refractivity contribution in [1.29, 1.82) is 0 Å². The smallest absolute Gasteiger partial charge is 0.0336 e. The Bertz CT molecular complexity index is 216. The lowest BCUT2D eigenvalue weighted by Crippen LogP contribution is -2.10. The summed E-state index contributed by atoms with van der Waals surface area (Å²) in [7, 11) is 0. The molecule has 0 aliphatic carbocycles. The fourth-order valence-electron chi connectivity index (χ4n) is 1.54. The van der Waals surface area contributed by atoms with Crippen LogP contribution in [0.1, 0.15) is 31.6 Å². The third-order valence-corrected chi connectivity index (χ3v) is 3.81. The summed E-state index contributed by atoms with van der Waals surface area (Å²) < 4.78 is 0. The van der Waals surface area contributed by atoms with Gasteiger partial charge in [0.25, 0.3) is 0 Å². The molecule has 0 fully saturated rings. The minimum Gasteiger partial charge on any atom is -0.149 e. The highest BCUT2D eigenvalue weighted by molar-refractivity contribution is 7.09. The van der Waals surface area contributed by atoms with Crippen LogP contribution in [0.5, 0.6) is 0 Å². The minimum absolute atomic E-state index is 0.310. The number of hydrogen-bond acceptors (Lipinski definition) is 1. The maximum Gasteiger partial charge on any atom is 0.0336 e. The molecule has 1 heterocycles. The van der Waals surface area contributed by atoms with Gasteiger partial charge >= 0.3 is 0 Å². The molecule has 1 rings (SSSR count). The van der Waals surface area contributed by atoms with E-state index in [4.69, 9.17) is 11.6 Å². The van der Waals surface area contributed by atoms with Gasteiger partial charge in [-0.3, -0.25) is 0 Å². The van der Waals surface area contributed by atoms with Gasteiger partial charge < -0.3 is 0 Å². The van der Waals surface area contributed by atoms with Crippen LogP contribution in [0.2, 0.25) is 0 Å². The molecule has 0 aliphatic heterocycles. The van der Waals surface area contributed by atoms with E-state index in [1.165, 1.54) is 24.1 Å². The summed E-state index contributed by atoms with van der Waals surface area (Å²) in [5.41, 5.74) is 0. The van der Waals surface area contributed by atoms with E-state index in [1.807, 2.05) is 11.3 Å². The summed E-state index contributed by atoms with van der Waals surface area (Å²) in [5.74, 6) is 0.670. The molecule has 1 aromatic rings. The number of halogens is 1. The molecule has 0 bridgehead atoms. The topological polar surface area (TPSA) is 0 Å². The fourth-order valence-corrected chi connectivity index (χ4v) is 2.57. The first-order chi connectivity index (χ1) is 6.24. The Balaban J connectivity index is 2.32. The van der Waals surface area contributed by atoms with Gasteiger partial charge in [0.15, 0.2) is 0 Å². The van der Waals surface area contributed by atoms with E-state index in [0.717, 1.165) is 0 Å². The van der Waals surface area contributed by atoms with Gasteiger partial charge in [0.2, 0.25) is 0 Å². The largest absolute Gasteiger partial charge is 0.149 e. The maximum absolute atomic E-state index is 6.09. The molecular formula is C11H17ClS. The van der Waals surface area contributed by atoms with Crippen molar-refractivity contribution in [1.82, 2.24) is 0 Å². The van der Waals surface area contributed by atoms with E-state index >= 15 is 0 Å². The molecule has 0 N–H and O–H groups in total. The number of hydrogen-bond donors (Lipinski definition) is 0. The van der Waals surface area contributed by atoms with Gasteiger partial charge in [-0.15, -0.1) is 22.9 Å². The van der Waals surface area contributed by atoms with Gasteiger partial charge in [0.1, 0.15) is 0 Å². The molecular weight excluding hydrogens is 200 g/mol. The van der Waals surface area contributed by atoms with Crippen molar-refractivity contribution in [3.8, 4) is 0 Å². The van der Waals surface area contributed by atoms with Crippen molar-refractivity contribution in [3.63, 3.8) is 0 Å². The lowest BCUT2D eigenvalue weighted by atomic mass is 9.97. The molecule has 2 heteroatoms. The standard InChI is InChI=1S/C11H17ClS/c1-3-10(9(2)12)6-7-11-5-4-8-13-11/h4-5,8-10H,3,6-7H2,1-2H3. The summed E-state index contributed by atoms with van der Waals surface area (Å²) >= 11 is 7.93. The molecule has 0 nitrogen and oxygen atoms in total. The second-order valence-electron chi connectivity index (χ2n) is 3.46. The molecule has 13 heavy (non-hydrogen) atoms. The molecule has 0 amide bonds. The average molecular weight is 217 g/mol. The molecule has 2 unspecified atom stereocenters. The molecule has 0 radical (unpaired) electrons. The van der Waals surface area contributed by atoms with Crippen molar-refractivity contribution < 1.29 is 0 Å². The SMILES string of the molecule is CCC(CCc1cccs1)C(C)Cl. The van der Waals surface area contributed by atoms with Crippen molar-refractivity contribution in [2.75, 3.05) is 0 Å². The quantitative estimate of drug-likeness (QED) is 0.643. The summed E-state index contributed by atoms with van der Waals surface area (Å²) in [5, 5.41) is 2.45. The van der Waals surface area contributed by atoms with Gasteiger partial charge in [-0.05, 0) is 37.1 Å². The first-order valence-corrected chi connectivity index (χ1v) is 6.22. The summed E-state index contributed by atoms with van der Waals surface area (Å²) in [4.78, 5) is 1.48. The van der Waals surface area contributed by atoms with Crippen LogP contribution in [-0.2, 0) is 6.42 Å². The molecule has 0 saturated carbocycles. The minimum atomic E-state index is 0.310. The molecule has 1 aromatic heterocycles. The highest BCUT2D eigenvalue weighted by atomic mass is 35.5. The average Bonchev–Trinajstić information content (AvgIpc) is 2.57. The van der Waals surface area contributed by atoms with Crippen molar-refractivity contribution in [2.45, 2.75) is 38.5 Å². The first kappa shape index (κ1) is 11.1. The number of aryl methyl sites for hydroxylation is 1. The second-order valence-corrected chi connectivity index (χ2v) is 5.18. The predicted molar refractivity (Wildman–Crippen MR) is 61.7 cm³/mol. The Kier molecular flexibility index (Phi) is 4.82. The van der Waals surface area contributed by atoms with Crippen LogP contribution < -0.4 is 0 Å². The zero-order chi connectivity index (χ0) is 9.68. The molecule has 0 aliphatic rings. The van der Waals surface area contributed by atoms with Crippen LogP contribution in [0.4, 0.5) is 0 Å². The summed E-state index contributed by atoms with van der Waals surface area (Å²) in [6.07, 6.45) is 3.60. The lowest BCUT2D eigenvalue weighted by Gasteiger charge is -2.16. The van der Waals surface area contributed by atoms with E-state index in [1.54, 1.807) is 0 Å². The Labute approximate surface area is 89.9 Å². The zero-order valence-electron chi connectivity index (χ0n) is 8.29. The zero-order valence-corrected chi connectivity index (χ0v) is 9.87. The van der Waals surface area contributed by atoms with Gasteiger partial charge in [0.05, 0.1) is 0 Å². The van der Waals surface area contributed by atoms with Crippen molar-refractivity contribution >= 4 is 22.9 Å². The number of rotatable bonds is 5. The second kappa shape index (κ2) is 5.66. The van der Waals surface area contributed by atoms with E-state index in [9.17, 15) is 0 Å². The van der Waals surface area contributed by atoms with Crippen LogP contribution in [-0.4, -0.2) is 5.38 Å². The Hall–Kier alpha value is -0.0100. The maximum atomic E-state index is 6.09. The predicted octanol–water partition coefficient (Wildman–Crippen LogP) is 4.33. The third kappa shape index (κ3) is 3.70. The first-order valence-electron chi connectivity index (χ1n) is 4.90. The van der Waals surface area contributed by atoms with E-state index in [0.29, 0.717) is 11.3 Å². The monoisotopic (exact) mass is 216 g/mol. The van der Waals surface area contributed by atoms with Crippen LogP contribution in [0, 0.1) is 5.92 Å². The van der Waals surface area contributed by atoms with E-state index in [-0.39, 0.29) is 0 Å². The number of alkyl halides is 1. The third-order valence-electron chi connectivity index (χ3n) is 2.52. The van der Waals surface area contributed by atoms with Crippen LogP contribution in [0.25, 0.3) is 0 Å². The van der Waals surface area contributed by atoms with Gasteiger partial charge in [0, 0.05) is 10.3 Å². The molecule has 0 spiro atoms. The highest BCUT2D eigenvalue weighted by Gasteiger charge is 2.12. The summed E-state index contributed by atoms with van der Waals surface area (Å²) in [6.45, 7) is 4.32. The van der Waals surface area contributed by atoms with Crippen molar-refractivity contribution in [3.05, 3.63) is 22.4 Å². The Morgan fingerprint density at radius 3 is 2.77 bits per heavy atom. The lowest BCUT2D eigenvalue weighted by molar-refractivity contribution is 0.464. The molecule has 74 valence electrons. The summed E-state index contributed by atoms with van der Waals surface area (Å²) in [6, 6.07) is 4.32. The van der Waals surface area contributed by atoms with Crippen LogP contribution >= 0.6 is 22.9 Å². The van der Waals surface area contributed by atoms with Crippen LogP contribution in [0.15, 0.2) is 17.5 Å². The molecule has 0 aromatic carbocycles. The van der Waals surface area contributed by atoms with Crippen molar-refractivity contribution in [2.24, 2.45) is 5.92 Å². The normalized spacial score (nSPS) is 15.6. The van der Waals surface area contributed by atoms with Gasteiger partial charge in [-0.2, -0.15) is 0 Å². The fraction of sp³-hybridized carbons (Fsp3) is 0.636.